The fraction of sp³-hybridized carbons (Fsp3) is 0.294. The van der Waals surface area contributed by atoms with Gasteiger partial charge in [-0.05, 0) is 167 Å². The largest absolute Gasteiger partial charge is 0.507 e. The number of anilines is 6. The number of hydrogen-bond acceptors (Lipinski definition) is 18. The zero-order chi connectivity index (χ0) is 100. The number of aryl methyl sites for hydroxylation is 3. The lowest BCUT2D eigenvalue weighted by Gasteiger charge is -2.50. The van der Waals surface area contributed by atoms with Gasteiger partial charge in [0.15, 0.2) is 17.5 Å². The van der Waals surface area contributed by atoms with E-state index >= 15 is 39.5 Å². The first-order valence-electron chi connectivity index (χ1n) is 44.4. The number of likely N-dealkylation sites (N-methyl/N-ethyl adjacent to an activating group) is 3. The van der Waals surface area contributed by atoms with Gasteiger partial charge in [-0.3, -0.25) is 71.8 Å². The van der Waals surface area contributed by atoms with Gasteiger partial charge in [-0.25, -0.2) is 39.5 Å². The Morgan fingerprint density at radius 2 is 0.594 bits per heavy atom. The summed E-state index contributed by atoms with van der Waals surface area (Å²) in [6, 6.07) is 13.5. The van der Waals surface area contributed by atoms with Crippen LogP contribution < -0.4 is 46.1 Å². The van der Waals surface area contributed by atoms with E-state index in [2.05, 4.69) is 34.7 Å². The van der Waals surface area contributed by atoms with Crippen LogP contribution in [-0.2, 0) is 28.8 Å². The van der Waals surface area contributed by atoms with Crippen LogP contribution in [0.5, 0.6) is 17.2 Å². The van der Waals surface area contributed by atoms with Crippen LogP contribution in [0.4, 0.5) is 73.6 Å². The number of nitrogens with zero attached hydrogens (tertiary/aromatic N) is 15. The van der Waals surface area contributed by atoms with Crippen LogP contribution in [0, 0.1) is 73.1 Å². The monoisotopic (exact) mass is 1890 g/mol. The molecule has 12 heterocycles. The molecule has 36 heteroatoms. The van der Waals surface area contributed by atoms with Crippen LogP contribution in [0.3, 0.4) is 0 Å². The third-order valence-electron chi connectivity index (χ3n) is 26.7. The van der Waals surface area contributed by atoms with Crippen molar-refractivity contribution in [2.45, 2.75) is 137 Å². The minimum atomic E-state index is -1.28. The number of fused-ring (bicyclic) bond motifs is 15. The van der Waals surface area contributed by atoms with E-state index in [1.807, 2.05) is 41.5 Å². The van der Waals surface area contributed by atoms with E-state index in [4.69, 9.17) is 0 Å². The summed E-state index contributed by atoms with van der Waals surface area (Å²) < 4.78 is 149. The number of phenolic OH excluding ortho intramolecular Hbond substituents is 3. The molecule has 18 rings (SSSR count). The SMILES string of the molecule is C=CC(=O)N1C[C@@H]2C(=O)N(C)c3c(c4cc(F)c(-c5c(O)cccc5F)c(F)c4n(-c4c(C)ccnc4C(C)C)c3=O)N2C[C@H]1C.C=CC(=O)N1C[C@@H]2C(=O)N(C)c3c(c4cc(F)c(-c5c(O)cccc5F)c(F)c4n(-c4c(C)ccnc4C(C)C)c3=O)N2C[C@H]1C.C=CC(=O)N1C[C@@H]2C(=O)N(C)c3c(c4cc(F)c(-c5c(O)cccc5F)c(F)c4n(-c4c(C)ccnc4C(C)C)c3=O)N2C[C@H]1C. The van der Waals surface area contributed by atoms with Gasteiger partial charge in [-0.15, -0.1) is 0 Å². The molecule has 0 saturated carbocycles. The van der Waals surface area contributed by atoms with Crippen molar-refractivity contribution in [3.8, 4) is 67.7 Å². The van der Waals surface area contributed by atoms with Crippen LogP contribution in [-0.4, -0.2) is 191 Å². The number of piperazine rings is 3. The molecule has 138 heavy (non-hydrogen) atoms. The maximum Gasteiger partial charge on any atom is 0.281 e. The average molecular weight is 1890 g/mol. The minimum absolute atomic E-state index is 0.0510. The smallest absolute Gasteiger partial charge is 0.281 e. The van der Waals surface area contributed by atoms with Gasteiger partial charge in [0.2, 0.25) is 17.7 Å². The second-order valence-electron chi connectivity index (χ2n) is 36.1. The van der Waals surface area contributed by atoms with Gasteiger partial charge in [-0.2, -0.15) is 0 Å². The first-order chi connectivity index (χ1) is 65.4. The first-order valence-corrected chi connectivity index (χ1v) is 44.4. The molecule has 714 valence electrons. The lowest BCUT2D eigenvalue weighted by atomic mass is 9.94. The Kier molecular flexibility index (Phi) is 25.0. The van der Waals surface area contributed by atoms with Gasteiger partial charge in [0.1, 0.15) is 87.3 Å². The van der Waals surface area contributed by atoms with E-state index in [1.54, 1.807) is 93.0 Å². The molecule has 6 atom stereocenters. The van der Waals surface area contributed by atoms with Crippen LogP contribution >= 0.6 is 0 Å². The Morgan fingerprint density at radius 3 is 0.812 bits per heavy atom. The van der Waals surface area contributed by atoms with Crippen LogP contribution in [0.1, 0.15) is 114 Å². The standard InChI is InChI=1S/3C34H32F3N5O4/c3*1-7-24(44)40-15-22-33(45)39(6)32-31(41(22)14-18(40)5)19-13-21(36)26(25-20(35)9-8-10-23(25)43)27(37)30(19)42(34(32)46)29-17(4)11-12-38-28(29)16(2)3/h3*7-13,16,18,22,43H,1,14-15H2,2-6H3/t3*18-,22-/m111/s1. The van der Waals surface area contributed by atoms with Crippen molar-refractivity contribution in [2.75, 3.05) is 89.8 Å². The molecule has 6 aromatic carbocycles. The van der Waals surface area contributed by atoms with Crippen molar-refractivity contribution >= 4 is 102 Å². The molecule has 6 aliphatic rings. The Labute approximate surface area is 784 Å². The molecule has 0 radical (unpaired) electrons. The molecule has 3 N–H and O–H groups in total. The summed E-state index contributed by atoms with van der Waals surface area (Å²) in [6.07, 6.45) is 8.13. The van der Waals surface area contributed by atoms with Gasteiger partial charge < -0.3 is 59.4 Å². The summed E-state index contributed by atoms with van der Waals surface area (Å²) >= 11 is 0. The van der Waals surface area contributed by atoms with Crippen molar-refractivity contribution in [1.29, 1.82) is 0 Å². The first kappa shape index (κ1) is 95.8. The normalized spacial score (nSPS) is 17.8. The lowest BCUT2D eigenvalue weighted by molar-refractivity contribution is -0.132. The van der Waals surface area contributed by atoms with E-state index in [0.29, 0.717) is 33.8 Å². The second kappa shape index (κ2) is 36.0. The van der Waals surface area contributed by atoms with Gasteiger partial charge >= 0.3 is 0 Å². The number of pyridine rings is 6. The second-order valence-corrected chi connectivity index (χ2v) is 36.1. The van der Waals surface area contributed by atoms with E-state index < -0.39 is 174 Å². The molecule has 0 bridgehead atoms. The molecule has 3 saturated heterocycles. The average Bonchev–Trinajstić information content (AvgIpc) is 0.705. The Balaban J connectivity index is 0.000000150. The Bertz CT molecular complexity index is 6760. The maximum atomic E-state index is 17.2. The number of rotatable bonds is 12. The quantitative estimate of drug-likeness (QED) is 0.0756. The van der Waals surface area contributed by atoms with Crippen molar-refractivity contribution < 1.29 is 83.6 Å². The Morgan fingerprint density at radius 1 is 0.355 bits per heavy atom. The highest BCUT2D eigenvalue weighted by Crippen LogP contribution is 2.52. The number of amides is 6. The zero-order valence-electron chi connectivity index (χ0n) is 77.8. The number of phenols is 3. The fourth-order valence-corrected chi connectivity index (χ4v) is 20.2. The molecule has 6 aromatic heterocycles. The molecule has 6 aliphatic heterocycles. The number of carbonyl (C=O) groups excluding carboxylic acids is 6. The summed E-state index contributed by atoms with van der Waals surface area (Å²) in [4.78, 5) is 150. The molecular weight excluding hydrogens is 1800 g/mol. The predicted octanol–water partition coefficient (Wildman–Crippen LogP) is 15.5. The number of aromatic nitrogens is 6. The third-order valence-corrected chi connectivity index (χ3v) is 26.7. The molecule has 0 unspecified atom stereocenters. The molecule has 3 fully saturated rings. The van der Waals surface area contributed by atoms with Gasteiger partial charge in [0.25, 0.3) is 34.4 Å². The van der Waals surface area contributed by atoms with Crippen molar-refractivity contribution in [1.82, 2.24) is 43.4 Å². The summed E-state index contributed by atoms with van der Waals surface area (Å²) in [5.41, 5.74) is -4.42. The maximum absolute atomic E-state index is 17.2. The summed E-state index contributed by atoms with van der Waals surface area (Å²) in [7, 11) is 4.23. The summed E-state index contributed by atoms with van der Waals surface area (Å²) in [5.74, 6) is -16.0. The molecule has 0 aliphatic carbocycles. The minimum Gasteiger partial charge on any atom is -0.507 e. The Hall–Kier alpha value is -15.4. The molecule has 6 amide bonds. The predicted molar refractivity (Wildman–Crippen MR) is 507 cm³/mol. The van der Waals surface area contributed by atoms with Crippen LogP contribution in [0.2, 0.25) is 0 Å². The number of aromatic hydroxyl groups is 3. The number of halogens is 9. The van der Waals surface area contributed by atoms with E-state index in [9.17, 15) is 58.5 Å². The highest BCUT2D eigenvalue weighted by atomic mass is 19.2. The summed E-state index contributed by atoms with van der Waals surface area (Å²) in [5, 5.41) is 31.5. The number of benzene rings is 6. The lowest BCUT2D eigenvalue weighted by Crippen LogP contribution is -2.66. The fourth-order valence-electron chi connectivity index (χ4n) is 20.2. The van der Waals surface area contributed by atoms with Crippen molar-refractivity contribution in [2.24, 2.45) is 0 Å². The highest BCUT2D eigenvalue weighted by molar-refractivity contribution is 6.16. The zero-order valence-corrected chi connectivity index (χ0v) is 77.8. The van der Waals surface area contributed by atoms with Crippen LogP contribution in [0.15, 0.2) is 162 Å². The van der Waals surface area contributed by atoms with E-state index in [-0.39, 0.29) is 159 Å². The van der Waals surface area contributed by atoms with Crippen molar-refractivity contribution in [3.05, 3.63) is 265 Å². The van der Waals surface area contributed by atoms with E-state index in [0.717, 1.165) is 101 Å². The van der Waals surface area contributed by atoms with Gasteiger partial charge in [-0.1, -0.05) is 79.5 Å². The number of carbonyl (C=O) groups is 6. The molecule has 12 aromatic rings. The molecule has 27 nitrogen and oxygen atoms in total. The van der Waals surface area contributed by atoms with Gasteiger partial charge in [0, 0.05) is 93.7 Å². The van der Waals surface area contributed by atoms with E-state index in [1.165, 1.54) is 54.0 Å². The van der Waals surface area contributed by atoms with Gasteiger partial charge in [0.05, 0.1) is 121 Å². The highest BCUT2D eigenvalue weighted by Gasteiger charge is 2.52. The molecular formula is C102H96F9N15O12. The van der Waals surface area contributed by atoms with Crippen molar-refractivity contribution in [3.63, 3.8) is 0 Å². The topological polar surface area (TPSA) is 297 Å². The number of hydrogen-bond donors (Lipinski definition) is 3. The summed E-state index contributed by atoms with van der Waals surface area (Å²) in [6.45, 7) is 32.2. The van der Waals surface area contributed by atoms with Crippen LogP contribution in [0.25, 0.3) is 83.2 Å². The molecule has 0 spiro atoms. The third kappa shape index (κ3) is 15.0.